The SMILES string of the molecule is O=S(=O)(N[C@@H]1CCOc2ccccc21)N1CCCCCC1. The zero-order chi connectivity index (χ0) is 14.7. The van der Waals surface area contributed by atoms with Gasteiger partial charge in [-0.2, -0.15) is 17.4 Å². The van der Waals surface area contributed by atoms with E-state index in [1.807, 2.05) is 24.3 Å². The molecule has 2 aliphatic heterocycles. The first-order chi connectivity index (χ1) is 10.2. The molecule has 0 aromatic heterocycles. The third-order valence-electron chi connectivity index (χ3n) is 4.15. The van der Waals surface area contributed by atoms with Gasteiger partial charge >= 0.3 is 0 Å². The predicted molar refractivity (Wildman–Crippen MR) is 81.4 cm³/mol. The first-order valence-corrected chi connectivity index (χ1v) is 9.10. The van der Waals surface area contributed by atoms with Gasteiger partial charge in [0.2, 0.25) is 0 Å². The van der Waals surface area contributed by atoms with Crippen molar-refractivity contribution in [3.63, 3.8) is 0 Å². The number of nitrogens with one attached hydrogen (secondary N) is 1. The summed E-state index contributed by atoms with van der Waals surface area (Å²) in [4.78, 5) is 0. The number of para-hydroxylation sites is 1. The summed E-state index contributed by atoms with van der Waals surface area (Å²) < 4.78 is 35.2. The summed E-state index contributed by atoms with van der Waals surface area (Å²) in [5, 5.41) is 0. The predicted octanol–water partition coefficient (Wildman–Crippen LogP) is 2.22. The van der Waals surface area contributed by atoms with E-state index >= 15 is 0 Å². The number of nitrogens with zero attached hydrogens (tertiary/aromatic N) is 1. The van der Waals surface area contributed by atoms with E-state index in [2.05, 4.69) is 4.72 Å². The minimum absolute atomic E-state index is 0.191. The Morgan fingerprint density at radius 1 is 1.10 bits per heavy atom. The summed E-state index contributed by atoms with van der Waals surface area (Å²) >= 11 is 0. The molecule has 0 unspecified atom stereocenters. The molecule has 1 aromatic carbocycles. The monoisotopic (exact) mass is 310 g/mol. The maximum absolute atomic E-state index is 12.6. The Kier molecular flexibility index (Phi) is 4.47. The molecule has 116 valence electrons. The van der Waals surface area contributed by atoms with Crippen molar-refractivity contribution in [1.29, 1.82) is 0 Å². The molecule has 1 atom stereocenters. The van der Waals surface area contributed by atoms with Crippen molar-refractivity contribution in [2.24, 2.45) is 0 Å². The van der Waals surface area contributed by atoms with Crippen LogP contribution in [-0.2, 0) is 10.2 Å². The van der Waals surface area contributed by atoms with Gasteiger partial charge in [0.15, 0.2) is 0 Å². The highest BCUT2D eigenvalue weighted by molar-refractivity contribution is 7.87. The number of hydrogen-bond donors (Lipinski definition) is 1. The zero-order valence-corrected chi connectivity index (χ0v) is 12.9. The molecule has 5 nitrogen and oxygen atoms in total. The Morgan fingerprint density at radius 3 is 2.57 bits per heavy atom. The molecular formula is C15H22N2O3S. The van der Waals surface area contributed by atoms with E-state index in [0.717, 1.165) is 37.0 Å². The fourth-order valence-electron chi connectivity index (χ4n) is 3.00. The smallest absolute Gasteiger partial charge is 0.280 e. The highest BCUT2D eigenvalue weighted by Crippen LogP contribution is 2.32. The van der Waals surface area contributed by atoms with Crippen LogP contribution in [0.1, 0.15) is 43.7 Å². The Hall–Kier alpha value is -1.11. The molecule has 0 spiro atoms. The molecular weight excluding hydrogens is 288 g/mol. The second-order valence-electron chi connectivity index (χ2n) is 5.66. The van der Waals surface area contributed by atoms with Crippen molar-refractivity contribution < 1.29 is 13.2 Å². The fourth-order valence-corrected chi connectivity index (χ4v) is 4.49. The summed E-state index contributed by atoms with van der Waals surface area (Å²) in [6.07, 6.45) is 4.80. The number of ether oxygens (including phenoxy) is 1. The second-order valence-corrected chi connectivity index (χ2v) is 7.37. The molecule has 1 fully saturated rings. The first-order valence-electron chi connectivity index (χ1n) is 7.66. The van der Waals surface area contributed by atoms with Crippen LogP contribution >= 0.6 is 0 Å². The van der Waals surface area contributed by atoms with Crippen LogP contribution < -0.4 is 9.46 Å². The van der Waals surface area contributed by atoms with E-state index in [-0.39, 0.29) is 6.04 Å². The summed E-state index contributed by atoms with van der Waals surface area (Å²) in [5.74, 6) is 0.785. The van der Waals surface area contributed by atoms with Gasteiger partial charge < -0.3 is 4.74 Å². The number of rotatable bonds is 3. The molecule has 0 radical (unpaired) electrons. The van der Waals surface area contributed by atoms with Crippen LogP contribution in [0, 0.1) is 0 Å². The summed E-state index contributed by atoms with van der Waals surface area (Å²) in [7, 11) is -3.42. The van der Waals surface area contributed by atoms with Gasteiger partial charge in [-0.3, -0.25) is 0 Å². The number of fused-ring (bicyclic) bond motifs is 1. The van der Waals surface area contributed by atoms with Crippen molar-refractivity contribution in [2.45, 2.75) is 38.1 Å². The van der Waals surface area contributed by atoms with Crippen LogP contribution in [0.25, 0.3) is 0 Å². The molecule has 2 aliphatic rings. The molecule has 2 heterocycles. The van der Waals surface area contributed by atoms with Crippen LogP contribution in [0.4, 0.5) is 0 Å². The van der Waals surface area contributed by atoms with E-state index in [1.165, 1.54) is 0 Å². The van der Waals surface area contributed by atoms with Crippen molar-refractivity contribution in [2.75, 3.05) is 19.7 Å². The third-order valence-corrected chi connectivity index (χ3v) is 5.78. The lowest BCUT2D eigenvalue weighted by Gasteiger charge is -2.29. The fraction of sp³-hybridized carbons (Fsp3) is 0.600. The van der Waals surface area contributed by atoms with Crippen molar-refractivity contribution in [1.82, 2.24) is 9.03 Å². The van der Waals surface area contributed by atoms with Crippen LogP contribution in [0.3, 0.4) is 0 Å². The van der Waals surface area contributed by atoms with Crippen molar-refractivity contribution >= 4 is 10.2 Å². The average Bonchev–Trinajstić information content (AvgIpc) is 2.77. The number of benzene rings is 1. The van der Waals surface area contributed by atoms with Crippen molar-refractivity contribution in [3.05, 3.63) is 29.8 Å². The van der Waals surface area contributed by atoms with E-state index in [9.17, 15) is 8.42 Å². The molecule has 0 aliphatic carbocycles. The second kappa shape index (κ2) is 6.34. The minimum atomic E-state index is -3.42. The Balaban J connectivity index is 1.76. The summed E-state index contributed by atoms with van der Waals surface area (Å²) in [6.45, 7) is 1.80. The van der Waals surface area contributed by atoms with Gasteiger partial charge in [0.05, 0.1) is 12.6 Å². The molecule has 1 N–H and O–H groups in total. The van der Waals surface area contributed by atoms with Crippen LogP contribution in [-0.4, -0.2) is 32.4 Å². The zero-order valence-electron chi connectivity index (χ0n) is 12.1. The third kappa shape index (κ3) is 3.39. The topological polar surface area (TPSA) is 58.6 Å². The molecule has 1 aromatic rings. The van der Waals surface area contributed by atoms with E-state index in [4.69, 9.17) is 4.74 Å². The first kappa shape index (κ1) is 14.8. The van der Waals surface area contributed by atoms with E-state index in [1.54, 1.807) is 4.31 Å². The minimum Gasteiger partial charge on any atom is -0.493 e. The van der Waals surface area contributed by atoms with Crippen molar-refractivity contribution in [3.8, 4) is 5.75 Å². The molecule has 0 amide bonds. The molecule has 0 bridgehead atoms. The van der Waals surface area contributed by atoms with Gasteiger partial charge in [0.1, 0.15) is 5.75 Å². The van der Waals surface area contributed by atoms with Crippen LogP contribution in [0.5, 0.6) is 5.75 Å². The maximum Gasteiger partial charge on any atom is 0.280 e. The standard InChI is InChI=1S/C15H22N2O3S/c18-21(19,17-10-5-1-2-6-11-17)16-14-9-12-20-15-8-4-3-7-13(14)15/h3-4,7-8,14,16H,1-2,5-6,9-12H2/t14-/m1/s1. The van der Waals surface area contributed by atoms with Gasteiger partial charge in [-0.25, -0.2) is 0 Å². The summed E-state index contributed by atoms with van der Waals surface area (Å²) in [6, 6.07) is 7.46. The molecule has 21 heavy (non-hydrogen) atoms. The lowest BCUT2D eigenvalue weighted by Crippen LogP contribution is -2.43. The average molecular weight is 310 g/mol. The maximum atomic E-state index is 12.6. The quantitative estimate of drug-likeness (QED) is 0.931. The normalized spacial score (nSPS) is 23.9. The highest BCUT2D eigenvalue weighted by atomic mass is 32.2. The highest BCUT2D eigenvalue weighted by Gasteiger charge is 2.29. The number of hydrogen-bond acceptors (Lipinski definition) is 3. The van der Waals surface area contributed by atoms with Crippen LogP contribution in [0.15, 0.2) is 24.3 Å². The van der Waals surface area contributed by atoms with Gasteiger partial charge in [-0.05, 0) is 18.9 Å². The van der Waals surface area contributed by atoms with E-state index < -0.39 is 10.2 Å². The summed E-state index contributed by atoms with van der Waals surface area (Å²) in [5.41, 5.74) is 0.933. The van der Waals surface area contributed by atoms with Gasteiger partial charge in [-0.15, -0.1) is 0 Å². The lowest BCUT2D eigenvalue weighted by atomic mass is 10.0. The lowest BCUT2D eigenvalue weighted by molar-refractivity contribution is 0.261. The van der Waals surface area contributed by atoms with Gasteiger partial charge in [-0.1, -0.05) is 31.0 Å². The van der Waals surface area contributed by atoms with Gasteiger partial charge in [0, 0.05) is 25.1 Å². The molecule has 1 saturated heterocycles. The van der Waals surface area contributed by atoms with Gasteiger partial charge in [0.25, 0.3) is 10.2 Å². The van der Waals surface area contributed by atoms with Crippen LogP contribution in [0.2, 0.25) is 0 Å². The largest absolute Gasteiger partial charge is 0.493 e. The molecule has 0 saturated carbocycles. The Morgan fingerprint density at radius 2 is 1.81 bits per heavy atom. The van der Waals surface area contributed by atoms with E-state index in [0.29, 0.717) is 26.1 Å². The Bertz CT molecular complexity index is 580. The molecule has 3 rings (SSSR count). The molecule has 6 heteroatoms. The Labute approximate surface area is 126 Å².